The highest BCUT2D eigenvalue weighted by molar-refractivity contribution is 6.29. The number of rotatable bonds is 4. The Kier molecular flexibility index (Phi) is 4.26. The Bertz CT molecular complexity index is 775. The Labute approximate surface area is 133 Å². The summed E-state index contributed by atoms with van der Waals surface area (Å²) in [5.41, 5.74) is 2.29. The number of nitrogens with zero attached hydrogens (tertiary/aromatic N) is 1. The van der Waals surface area contributed by atoms with Gasteiger partial charge in [-0.15, -0.1) is 0 Å². The summed E-state index contributed by atoms with van der Waals surface area (Å²) in [5, 5.41) is 10.3. The molecule has 0 bridgehead atoms. The van der Waals surface area contributed by atoms with Crippen LogP contribution >= 0.6 is 11.6 Å². The van der Waals surface area contributed by atoms with Crippen molar-refractivity contribution in [2.24, 2.45) is 0 Å². The maximum absolute atomic E-state index is 9.93. The summed E-state index contributed by atoms with van der Waals surface area (Å²) < 4.78 is 5.78. The fourth-order valence-electron chi connectivity index (χ4n) is 2.11. The van der Waals surface area contributed by atoms with Crippen molar-refractivity contribution in [2.75, 3.05) is 0 Å². The molecule has 0 saturated heterocycles. The molecule has 0 aliphatic carbocycles. The highest BCUT2D eigenvalue weighted by Gasteiger charge is 2.08. The van der Waals surface area contributed by atoms with Gasteiger partial charge in [0.15, 0.2) is 0 Å². The van der Waals surface area contributed by atoms with Gasteiger partial charge in [0, 0.05) is 5.56 Å². The Morgan fingerprint density at radius 2 is 1.77 bits per heavy atom. The lowest BCUT2D eigenvalue weighted by molar-refractivity contribution is 0.306. The van der Waals surface area contributed by atoms with Gasteiger partial charge >= 0.3 is 0 Å². The zero-order valence-electron chi connectivity index (χ0n) is 11.7. The van der Waals surface area contributed by atoms with Gasteiger partial charge in [-0.2, -0.15) is 0 Å². The third-order valence-corrected chi connectivity index (χ3v) is 3.41. The monoisotopic (exact) mass is 311 g/mol. The molecule has 0 aliphatic heterocycles. The second-order valence-electron chi connectivity index (χ2n) is 4.80. The highest BCUT2D eigenvalue weighted by Crippen LogP contribution is 2.30. The van der Waals surface area contributed by atoms with Gasteiger partial charge in [-0.05, 0) is 29.8 Å². The fraction of sp³-hybridized carbons (Fsp3) is 0.0556. The largest absolute Gasteiger partial charge is 0.506 e. The summed E-state index contributed by atoms with van der Waals surface area (Å²) in [5.74, 6) is 0.798. The SMILES string of the molecule is Oc1ccc(Cl)nc1-c1cccc(OCc2ccccc2)c1. The lowest BCUT2D eigenvalue weighted by atomic mass is 10.1. The Balaban J connectivity index is 1.82. The van der Waals surface area contributed by atoms with E-state index in [9.17, 15) is 5.11 Å². The molecule has 22 heavy (non-hydrogen) atoms. The minimum Gasteiger partial charge on any atom is -0.506 e. The van der Waals surface area contributed by atoms with Gasteiger partial charge in [0.05, 0.1) is 0 Å². The van der Waals surface area contributed by atoms with E-state index in [1.807, 2.05) is 54.6 Å². The van der Waals surface area contributed by atoms with Crippen molar-refractivity contribution in [1.29, 1.82) is 0 Å². The number of hydrogen-bond acceptors (Lipinski definition) is 3. The van der Waals surface area contributed by atoms with E-state index < -0.39 is 0 Å². The molecule has 3 aromatic rings. The van der Waals surface area contributed by atoms with E-state index in [0.717, 1.165) is 11.1 Å². The number of benzene rings is 2. The molecule has 2 aromatic carbocycles. The summed E-state index contributed by atoms with van der Waals surface area (Å²) in [6.07, 6.45) is 0. The zero-order valence-corrected chi connectivity index (χ0v) is 12.5. The predicted molar refractivity (Wildman–Crippen MR) is 87.1 cm³/mol. The molecular formula is C18H14ClNO2. The summed E-state index contributed by atoms with van der Waals surface area (Å²) in [7, 11) is 0. The first-order chi connectivity index (χ1) is 10.7. The normalized spacial score (nSPS) is 10.4. The average Bonchev–Trinajstić information content (AvgIpc) is 2.56. The van der Waals surface area contributed by atoms with E-state index in [0.29, 0.717) is 23.2 Å². The fourth-order valence-corrected chi connectivity index (χ4v) is 2.26. The van der Waals surface area contributed by atoms with E-state index in [-0.39, 0.29) is 5.75 Å². The van der Waals surface area contributed by atoms with Gasteiger partial charge in [0.25, 0.3) is 0 Å². The molecule has 1 aromatic heterocycles. The number of pyridine rings is 1. The summed E-state index contributed by atoms with van der Waals surface area (Å²) in [6, 6.07) is 20.4. The van der Waals surface area contributed by atoms with E-state index in [1.54, 1.807) is 6.07 Å². The number of halogens is 1. The van der Waals surface area contributed by atoms with Crippen molar-refractivity contribution in [3.63, 3.8) is 0 Å². The van der Waals surface area contributed by atoms with E-state index in [4.69, 9.17) is 16.3 Å². The first kappa shape index (κ1) is 14.4. The van der Waals surface area contributed by atoms with Crippen LogP contribution in [-0.4, -0.2) is 10.1 Å². The first-order valence-corrected chi connectivity index (χ1v) is 7.23. The molecular weight excluding hydrogens is 298 g/mol. The standard InChI is InChI=1S/C18H14ClNO2/c19-17-10-9-16(21)18(20-17)14-7-4-8-15(11-14)22-12-13-5-2-1-3-6-13/h1-11,21H,12H2. The second kappa shape index (κ2) is 6.50. The summed E-state index contributed by atoms with van der Waals surface area (Å²) in [6.45, 7) is 0.485. The van der Waals surface area contributed by atoms with Crippen LogP contribution in [0.15, 0.2) is 66.7 Å². The van der Waals surface area contributed by atoms with Crippen LogP contribution in [0, 0.1) is 0 Å². The lowest BCUT2D eigenvalue weighted by Crippen LogP contribution is -1.95. The summed E-state index contributed by atoms with van der Waals surface area (Å²) in [4.78, 5) is 4.16. The molecule has 1 heterocycles. The number of ether oxygens (including phenoxy) is 1. The van der Waals surface area contributed by atoms with Gasteiger partial charge in [0.1, 0.15) is 29.0 Å². The molecule has 0 radical (unpaired) electrons. The van der Waals surface area contributed by atoms with Crippen LogP contribution in [0.2, 0.25) is 5.15 Å². The van der Waals surface area contributed by atoms with Crippen molar-refractivity contribution in [3.05, 3.63) is 77.4 Å². The van der Waals surface area contributed by atoms with Gasteiger partial charge in [-0.25, -0.2) is 4.98 Å². The van der Waals surface area contributed by atoms with Crippen molar-refractivity contribution in [3.8, 4) is 22.8 Å². The number of aromatic nitrogens is 1. The van der Waals surface area contributed by atoms with Gasteiger partial charge in [-0.3, -0.25) is 0 Å². The van der Waals surface area contributed by atoms with Crippen molar-refractivity contribution >= 4 is 11.6 Å². The smallest absolute Gasteiger partial charge is 0.141 e. The number of hydrogen-bond donors (Lipinski definition) is 1. The maximum Gasteiger partial charge on any atom is 0.141 e. The molecule has 4 heteroatoms. The molecule has 0 amide bonds. The highest BCUT2D eigenvalue weighted by atomic mass is 35.5. The molecule has 110 valence electrons. The van der Waals surface area contributed by atoms with Crippen molar-refractivity contribution in [2.45, 2.75) is 6.61 Å². The van der Waals surface area contributed by atoms with E-state index in [2.05, 4.69) is 4.98 Å². The van der Waals surface area contributed by atoms with Crippen molar-refractivity contribution < 1.29 is 9.84 Å². The third kappa shape index (κ3) is 3.38. The Morgan fingerprint density at radius 3 is 2.59 bits per heavy atom. The van der Waals surface area contributed by atoms with E-state index in [1.165, 1.54) is 6.07 Å². The van der Waals surface area contributed by atoms with Crippen LogP contribution in [-0.2, 0) is 6.61 Å². The van der Waals surface area contributed by atoms with Gasteiger partial charge in [0.2, 0.25) is 0 Å². The molecule has 0 fully saturated rings. The minimum absolute atomic E-state index is 0.0876. The van der Waals surface area contributed by atoms with E-state index >= 15 is 0 Å². The third-order valence-electron chi connectivity index (χ3n) is 3.20. The van der Waals surface area contributed by atoms with Crippen LogP contribution in [0.25, 0.3) is 11.3 Å². The first-order valence-electron chi connectivity index (χ1n) is 6.85. The number of aromatic hydroxyl groups is 1. The van der Waals surface area contributed by atoms with Crippen LogP contribution in [0.3, 0.4) is 0 Å². The molecule has 1 N–H and O–H groups in total. The van der Waals surface area contributed by atoms with Crippen LogP contribution in [0.5, 0.6) is 11.5 Å². The molecule has 0 atom stereocenters. The molecule has 3 rings (SSSR count). The van der Waals surface area contributed by atoms with Gasteiger partial charge < -0.3 is 9.84 Å². The van der Waals surface area contributed by atoms with Crippen LogP contribution in [0.4, 0.5) is 0 Å². The maximum atomic E-state index is 9.93. The molecule has 3 nitrogen and oxygen atoms in total. The molecule has 0 spiro atoms. The quantitative estimate of drug-likeness (QED) is 0.711. The second-order valence-corrected chi connectivity index (χ2v) is 5.19. The molecule has 0 saturated carbocycles. The van der Waals surface area contributed by atoms with Gasteiger partial charge in [-0.1, -0.05) is 54.1 Å². The predicted octanol–water partition coefficient (Wildman–Crippen LogP) is 4.69. The molecule has 0 aliphatic rings. The topological polar surface area (TPSA) is 42.4 Å². The summed E-state index contributed by atoms with van der Waals surface area (Å²) >= 11 is 5.89. The average molecular weight is 312 g/mol. The Hall–Kier alpha value is -2.52. The van der Waals surface area contributed by atoms with Crippen molar-refractivity contribution in [1.82, 2.24) is 4.98 Å². The van der Waals surface area contributed by atoms with Crippen LogP contribution in [0.1, 0.15) is 5.56 Å². The minimum atomic E-state index is 0.0876. The zero-order chi connectivity index (χ0) is 15.4. The lowest BCUT2D eigenvalue weighted by Gasteiger charge is -2.09. The molecule has 0 unspecified atom stereocenters. The van der Waals surface area contributed by atoms with Crippen LogP contribution < -0.4 is 4.74 Å². The Morgan fingerprint density at radius 1 is 0.955 bits per heavy atom.